The van der Waals surface area contributed by atoms with Gasteiger partial charge >= 0.3 is 11.8 Å². The predicted molar refractivity (Wildman–Crippen MR) is 67.1 cm³/mol. The second kappa shape index (κ2) is 5.85. The van der Waals surface area contributed by atoms with E-state index in [1.54, 1.807) is 4.90 Å². The van der Waals surface area contributed by atoms with Gasteiger partial charge in [-0.25, -0.2) is 0 Å². The van der Waals surface area contributed by atoms with Crippen LogP contribution in [0.3, 0.4) is 0 Å². The van der Waals surface area contributed by atoms with Crippen molar-refractivity contribution in [3.8, 4) is 0 Å². The van der Waals surface area contributed by atoms with Gasteiger partial charge in [0.2, 0.25) is 6.41 Å². The maximum Gasteiger partial charge on any atom is 0.315 e. The first kappa shape index (κ1) is 12.9. The van der Waals surface area contributed by atoms with E-state index in [0.29, 0.717) is 37.9 Å². The zero-order valence-corrected chi connectivity index (χ0v) is 10.6. The Kier molecular flexibility index (Phi) is 4.19. The number of thioether (sulfide) groups is 1. The van der Waals surface area contributed by atoms with Crippen LogP contribution in [0, 0.1) is 0 Å². The SMILES string of the molecule is O=CN1CCN(C(=O)C(=O)NC2=NCCS2)CC1. The number of piperazine rings is 1. The molecule has 8 heteroatoms. The lowest BCUT2D eigenvalue weighted by Crippen LogP contribution is -2.52. The number of carbonyl (C=O) groups is 3. The van der Waals surface area contributed by atoms with E-state index in [1.807, 2.05) is 0 Å². The van der Waals surface area contributed by atoms with Crippen LogP contribution in [-0.2, 0) is 14.4 Å². The largest absolute Gasteiger partial charge is 0.342 e. The van der Waals surface area contributed by atoms with E-state index in [2.05, 4.69) is 10.3 Å². The minimum absolute atomic E-state index is 0.393. The molecule has 0 saturated carbocycles. The predicted octanol–water partition coefficient (Wildman–Crippen LogP) is -1.49. The molecule has 2 heterocycles. The van der Waals surface area contributed by atoms with E-state index in [-0.39, 0.29) is 0 Å². The van der Waals surface area contributed by atoms with Crippen LogP contribution in [0.25, 0.3) is 0 Å². The van der Waals surface area contributed by atoms with E-state index in [1.165, 1.54) is 16.7 Å². The number of aliphatic imine (C=N–C) groups is 1. The van der Waals surface area contributed by atoms with E-state index >= 15 is 0 Å². The summed E-state index contributed by atoms with van der Waals surface area (Å²) >= 11 is 1.43. The minimum Gasteiger partial charge on any atom is -0.342 e. The highest BCUT2D eigenvalue weighted by molar-refractivity contribution is 8.14. The normalized spacial score (nSPS) is 19.4. The smallest absolute Gasteiger partial charge is 0.315 e. The summed E-state index contributed by atoms with van der Waals surface area (Å²) in [7, 11) is 0. The highest BCUT2D eigenvalue weighted by Gasteiger charge is 2.26. The fraction of sp³-hybridized carbons (Fsp3) is 0.600. The van der Waals surface area contributed by atoms with Gasteiger partial charge < -0.3 is 9.80 Å². The highest BCUT2D eigenvalue weighted by Crippen LogP contribution is 2.09. The van der Waals surface area contributed by atoms with Gasteiger partial charge in [0, 0.05) is 31.9 Å². The molecule has 0 aromatic carbocycles. The second-order valence-corrected chi connectivity index (χ2v) is 5.01. The van der Waals surface area contributed by atoms with E-state index < -0.39 is 11.8 Å². The lowest BCUT2D eigenvalue weighted by molar-refractivity contribution is -0.146. The third kappa shape index (κ3) is 3.00. The van der Waals surface area contributed by atoms with Crippen LogP contribution in [0.2, 0.25) is 0 Å². The van der Waals surface area contributed by atoms with Gasteiger partial charge in [-0.05, 0) is 0 Å². The topological polar surface area (TPSA) is 82.1 Å². The molecule has 0 spiro atoms. The number of carbonyl (C=O) groups excluding carboxylic acids is 3. The summed E-state index contributed by atoms with van der Waals surface area (Å²) in [5, 5.41) is 3.01. The molecule has 0 atom stereocenters. The number of amides is 3. The van der Waals surface area contributed by atoms with Crippen molar-refractivity contribution in [1.29, 1.82) is 0 Å². The number of nitrogens with zero attached hydrogens (tertiary/aromatic N) is 3. The lowest BCUT2D eigenvalue weighted by atomic mass is 10.3. The molecule has 7 nitrogen and oxygen atoms in total. The van der Waals surface area contributed by atoms with Crippen molar-refractivity contribution in [2.75, 3.05) is 38.5 Å². The van der Waals surface area contributed by atoms with Gasteiger partial charge in [0.05, 0.1) is 6.54 Å². The minimum atomic E-state index is -0.650. The fourth-order valence-corrected chi connectivity index (χ4v) is 2.46. The van der Waals surface area contributed by atoms with Crippen LogP contribution in [0.15, 0.2) is 4.99 Å². The average molecular weight is 270 g/mol. The van der Waals surface area contributed by atoms with Gasteiger partial charge in [-0.3, -0.25) is 24.7 Å². The average Bonchev–Trinajstić information content (AvgIpc) is 2.91. The molecule has 2 aliphatic rings. The molecule has 18 heavy (non-hydrogen) atoms. The van der Waals surface area contributed by atoms with Crippen LogP contribution >= 0.6 is 11.8 Å². The standard InChI is InChI=1S/C10H14N4O3S/c15-7-13-2-4-14(5-3-13)9(17)8(16)12-10-11-1-6-18-10/h7H,1-6H2,(H,11,12,16). The third-order valence-electron chi connectivity index (χ3n) is 2.75. The molecule has 0 aromatic heterocycles. The van der Waals surface area contributed by atoms with Crippen molar-refractivity contribution in [3.63, 3.8) is 0 Å². The van der Waals surface area contributed by atoms with E-state index in [4.69, 9.17) is 0 Å². The summed E-state index contributed by atoms with van der Waals surface area (Å²) in [6.45, 7) is 2.40. The molecule has 0 bridgehead atoms. The van der Waals surface area contributed by atoms with Gasteiger partial charge in [-0.1, -0.05) is 11.8 Å². The number of rotatable bonds is 1. The van der Waals surface area contributed by atoms with Crippen molar-refractivity contribution in [3.05, 3.63) is 0 Å². The maximum absolute atomic E-state index is 11.8. The van der Waals surface area contributed by atoms with Crippen LogP contribution in [0.1, 0.15) is 0 Å². The van der Waals surface area contributed by atoms with E-state index in [0.717, 1.165) is 12.2 Å². The van der Waals surface area contributed by atoms with Crippen LogP contribution < -0.4 is 5.32 Å². The first-order valence-corrected chi connectivity index (χ1v) is 6.66. The van der Waals surface area contributed by atoms with Crippen molar-refractivity contribution in [2.24, 2.45) is 4.99 Å². The molecule has 3 amide bonds. The summed E-state index contributed by atoms with van der Waals surface area (Å²) in [4.78, 5) is 41.1. The Morgan fingerprint density at radius 3 is 2.56 bits per heavy atom. The molecule has 0 unspecified atom stereocenters. The number of amidine groups is 1. The molecule has 2 aliphatic heterocycles. The summed E-state index contributed by atoms with van der Waals surface area (Å²) in [6, 6.07) is 0. The molecule has 0 aliphatic carbocycles. The van der Waals surface area contributed by atoms with Gasteiger partial charge in [0.25, 0.3) is 0 Å². The maximum atomic E-state index is 11.8. The van der Waals surface area contributed by atoms with Crippen molar-refractivity contribution >= 4 is 35.2 Å². The Balaban J connectivity index is 1.83. The quantitative estimate of drug-likeness (QED) is 0.465. The van der Waals surface area contributed by atoms with Gasteiger partial charge in [-0.15, -0.1) is 0 Å². The first-order chi connectivity index (χ1) is 8.70. The summed E-state index contributed by atoms with van der Waals surface area (Å²) < 4.78 is 0. The zero-order valence-electron chi connectivity index (χ0n) is 9.79. The van der Waals surface area contributed by atoms with Crippen molar-refractivity contribution in [1.82, 2.24) is 15.1 Å². The molecule has 1 saturated heterocycles. The molecular formula is C10H14N4O3S. The van der Waals surface area contributed by atoms with Gasteiger partial charge in [-0.2, -0.15) is 0 Å². The first-order valence-electron chi connectivity index (χ1n) is 5.67. The molecule has 0 radical (unpaired) electrons. The molecule has 0 aromatic rings. The Morgan fingerprint density at radius 1 is 1.28 bits per heavy atom. The lowest BCUT2D eigenvalue weighted by Gasteiger charge is -2.31. The Labute approximate surface area is 109 Å². The monoisotopic (exact) mass is 270 g/mol. The molecule has 2 rings (SSSR count). The molecular weight excluding hydrogens is 256 g/mol. The van der Waals surface area contributed by atoms with Gasteiger partial charge in [0.1, 0.15) is 0 Å². The number of hydrogen-bond donors (Lipinski definition) is 1. The third-order valence-corrected chi connectivity index (χ3v) is 3.64. The van der Waals surface area contributed by atoms with Crippen LogP contribution in [-0.4, -0.2) is 71.7 Å². The van der Waals surface area contributed by atoms with Gasteiger partial charge in [0.15, 0.2) is 5.17 Å². The Bertz CT molecular complexity index is 391. The molecule has 1 fully saturated rings. The summed E-state index contributed by atoms with van der Waals surface area (Å²) in [6.07, 6.45) is 0.756. The second-order valence-electron chi connectivity index (χ2n) is 3.92. The van der Waals surface area contributed by atoms with Crippen molar-refractivity contribution < 1.29 is 14.4 Å². The summed E-state index contributed by atoms with van der Waals surface area (Å²) in [5.74, 6) is -0.375. The molecule has 1 N–H and O–H groups in total. The number of hydrogen-bond acceptors (Lipinski definition) is 5. The fourth-order valence-electron chi connectivity index (χ4n) is 1.74. The summed E-state index contributed by atoms with van der Waals surface area (Å²) in [5.41, 5.74) is 0. The van der Waals surface area contributed by atoms with Crippen LogP contribution in [0.5, 0.6) is 0 Å². The highest BCUT2D eigenvalue weighted by atomic mass is 32.2. The zero-order chi connectivity index (χ0) is 13.0. The Hall–Kier alpha value is -1.57. The molecule has 98 valence electrons. The van der Waals surface area contributed by atoms with E-state index in [9.17, 15) is 14.4 Å². The van der Waals surface area contributed by atoms with Crippen molar-refractivity contribution in [2.45, 2.75) is 0 Å². The Morgan fingerprint density at radius 2 is 2.00 bits per heavy atom. The number of nitrogens with one attached hydrogen (secondary N) is 1. The van der Waals surface area contributed by atoms with Crippen LogP contribution in [0.4, 0.5) is 0 Å².